The minimum atomic E-state index is 0.0780. The normalized spacial score (nSPS) is 18.4. The van der Waals surface area contributed by atoms with Crippen molar-refractivity contribution in [2.45, 2.75) is 22.1 Å². The zero-order valence-corrected chi connectivity index (χ0v) is 13.0. The van der Waals surface area contributed by atoms with Crippen molar-refractivity contribution in [2.75, 3.05) is 18.4 Å². The topological polar surface area (TPSA) is 66.9 Å². The number of carbonyl (C=O) groups excluding carboxylic acids is 1. The zero-order valence-electron chi connectivity index (χ0n) is 11.4. The van der Waals surface area contributed by atoms with Crippen LogP contribution in [-0.2, 0) is 4.79 Å². The van der Waals surface area contributed by atoms with Crippen molar-refractivity contribution >= 4 is 34.7 Å². The largest absolute Gasteiger partial charge is 0.326 e. The standard InChI is InChI=1S/C14H16N4OS2/c19-13(10-2-1-7-15-8-10)17-11-3-5-12(6-4-11)21-14-18-16-9-20-14/h3-6,9-10,15H,1-2,7-8H2,(H,17,19). The molecule has 1 unspecified atom stereocenters. The molecule has 0 bridgehead atoms. The van der Waals surface area contributed by atoms with E-state index in [-0.39, 0.29) is 11.8 Å². The molecule has 0 saturated carbocycles. The molecule has 0 aliphatic carbocycles. The lowest BCUT2D eigenvalue weighted by molar-refractivity contribution is -0.120. The van der Waals surface area contributed by atoms with Crippen LogP contribution in [0.1, 0.15) is 12.8 Å². The van der Waals surface area contributed by atoms with E-state index in [0.717, 1.165) is 40.9 Å². The molecule has 3 rings (SSSR count). The highest BCUT2D eigenvalue weighted by molar-refractivity contribution is 8.01. The second-order valence-electron chi connectivity index (χ2n) is 4.86. The molecule has 1 amide bonds. The summed E-state index contributed by atoms with van der Waals surface area (Å²) in [5.41, 5.74) is 2.56. The van der Waals surface area contributed by atoms with Gasteiger partial charge in [-0.25, -0.2) is 0 Å². The number of amides is 1. The summed E-state index contributed by atoms with van der Waals surface area (Å²) in [6.07, 6.45) is 2.03. The van der Waals surface area contributed by atoms with Crippen molar-refractivity contribution in [3.63, 3.8) is 0 Å². The lowest BCUT2D eigenvalue weighted by atomic mass is 9.99. The maximum atomic E-state index is 12.1. The molecule has 1 fully saturated rings. The monoisotopic (exact) mass is 320 g/mol. The lowest BCUT2D eigenvalue weighted by Crippen LogP contribution is -2.37. The van der Waals surface area contributed by atoms with Gasteiger partial charge in [-0.15, -0.1) is 10.2 Å². The summed E-state index contributed by atoms with van der Waals surface area (Å²) in [6.45, 7) is 1.79. The van der Waals surface area contributed by atoms with E-state index < -0.39 is 0 Å². The molecule has 21 heavy (non-hydrogen) atoms. The van der Waals surface area contributed by atoms with Crippen LogP contribution in [-0.4, -0.2) is 29.2 Å². The van der Waals surface area contributed by atoms with E-state index in [0.29, 0.717) is 0 Å². The predicted molar refractivity (Wildman–Crippen MR) is 84.7 cm³/mol. The van der Waals surface area contributed by atoms with Gasteiger partial charge in [0.2, 0.25) is 5.91 Å². The second-order valence-corrected chi connectivity index (χ2v) is 7.02. The van der Waals surface area contributed by atoms with Gasteiger partial charge in [0.05, 0.1) is 5.92 Å². The van der Waals surface area contributed by atoms with Crippen molar-refractivity contribution < 1.29 is 4.79 Å². The fourth-order valence-corrected chi connectivity index (χ4v) is 3.69. The van der Waals surface area contributed by atoms with Crippen LogP contribution < -0.4 is 10.6 Å². The van der Waals surface area contributed by atoms with Crippen molar-refractivity contribution in [1.82, 2.24) is 15.5 Å². The third kappa shape index (κ3) is 4.03. The molecule has 2 aromatic rings. The quantitative estimate of drug-likeness (QED) is 0.906. The van der Waals surface area contributed by atoms with Gasteiger partial charge in [0.1, 0.15) is 5.51 Å². The van der Waals surface area contributed by atoms with Gasteiger partial charge < -0.3 is 10.6 Å². The van der Waals surface area contributed by atoms with Crippen LogP contribution in [0.2, 0.25) is 0 Å². The molecule has 2 N–H and O–H groups in total. The van der Waals surface area contributed by atoms with Gasteiger partial charge in [0.25, 0.3) is 0 Å². The van der Waals surface area contributed by atoms with Crippen LogP contribution in [0.25, 0.3) is 0 Å². The average Bonchev–Trinajstić information content (AvgIpc) is 3.03. The molecule has 0 radical (unpaired) electrons. The highest BCUT2D eigenvalue weighted by atomic mass is 32.2. The van der Waals surface area contributed by atoms with E-state index in [9.17, 15) is 4.79 Å². The molecule has 7 heteroatoms. The molecule has 1 aliphatic heterocycles. The van der Waals surface area contributed by atoms with Gasteiger partial charge in [0.15, 0.2) is 4.34 Å². The molecule has 1 aliphatic rings. The molecule has 5 nitrogen and oxygen atoms in total. The molecule has 1 aromatic heterocycles. The summed E-state index contributed by atoms with van der Waals surface area (Å²) in [4.78, 5) is 13.2. The fraction of sp³-hybridized carbons (Fsp3) is 0.357. The number of hydrogen-bond acceptors (Lipinski definition) is 6. The summed E-state index contributed by atoms with van der Waals surface area (Å²) in [7, 11) is 0. The highest BCUT2D eigenvalue weighted by Gasteiger charge is 2.20. The average molecular weight is 320 g/mol. The number of rotatable bonds is 4. The summed E-state index contributed by atoms with van der Waals surface area (Å²) in [5, 5.41) is 14.1. The fourth-order valence-electron chi connectivity index (χ4n) is 2.23. The first kappa shape index (κ1) is 14.5. The number of carbonyl (C=O) groups is 1. The van der Waals surface area contributed by atoms with Crippen LogP contribution in [0.4, 0.5) is 5.69 Å². The van der Waals surface area contributed by atoms with E-state index in [1.54, 1.807) is 17.3 Å². The van der Waals surface area contributed by atoms with Gasteiger partial charge in [-0.05, 0) is 43.7 Å². The van der Waals surface area contributed by atoms with Crippen molar-refractivity contribution in [2.24, 2.45) is 5.92 Å². The zero-order chi connectivity index (χ0) is 14.5. The van der Waals surface area contributed by atoms with Gasteiger partial charge >= 0.3 is 0 Å². The van der Waals surface area contributed by atoms with Crippen molar-refractivity contribution in [3.05, 3.63) is 29.8 Å². The van der Waals surface area contributed by atoms with Crippen LogP contribution in [0, 0.1) is 5.92 Å². The van der Waals surface area contributed by atoms with Crippen LogP contribution in [0.15, 0.2) is 39.0 Å². The number of nitrogens with one attached hydrogen (secondary N) is 2. The number of piperidine rings is 1. The SMILES string of the molecule is O=C(Nc1ccc(Sc2nncs2)cc1)C1CCCNC1. The Bertz CT molecular complexity index is 580. The molecular weight excluding hydrogens is 304 g/mol. The van der Waals surface area contributed by atoms with Gasteiger partial charge in [0, 0.05) is 17.1 Å². The minimum absolute atomic E-state index is 0.0780. The number of hydrogen-bond donors (Lipinski definition) is 2. The summed E-state index contributed by atoms with van der Waals surface area (Å²) >= 11 is 3.09. The number of aromatic nitrogens is 2. The van der Waals surface area contributed by atoms with Gasteiger partial charge in [-0.1, -0.05) is 23.1 Å². The Hall–Kier alpha value is -1.44. The predicted octanol–water partition coefficient (Wildman–Crippen LogP) is 2.63. The highest BCUT2D eigenvalue weighted by Crippen LogP contribution is 2.29. The van der Waals surface area contributed by atoms with Gasteiger partial charge in [-0.3, -0.25) is 4.79 Å². The van der Waals surface area contributed by atoms with E-state index in [1.807, 2.05) is 24.3 Å². The summed E-state index contributed by atoms with van der Waals surface area (Å²) in [6, 6.07) is 7.83. The first-order valence-electron chi connectivity index (χ1n) is 6.87. The lowest BCUT2D eigenvalue weighted by Gasteiger charge is -2.21. The van der Waals surface area contributed by atoms with E-state index in [4.69, 9.17) is 0 Å². The van der Waals surface area contributed by atoms with Crippen LogP contribution in [0.3, 0.4) is 0 Å². The molecule has 1 saturated heterocycles. The minimum Gasteiger partial charge on any atom is -0.326 e. The maximum Gasteiger partial charge on any atom is 0.228 e. The number of anilines is 1. The second kappa shape index (κ2) is 7.02. The van der Waals surface area contributed by atoms with E-state index >= 15 is 0 Å². The Morgan fingerprint density at radius 2 is 2.24 bits per heavy atom. The first-order chi connectivity index (χ1) is 10.3. The molecule has 110 valence electrons. The Morgan fingerprint density at radius 3 is 2.90 bits per heavy atom. The third-order valence-electron chi connectivity index (χ3n) is 3.33. The number of nitrogens with zero attached hydrogens (tertiary/aromatic N) is 2. The van der Waals surface area contributed by atoms with Crippen molar-refractivity contribution in [1.29, 1.82) is 0 Å². The summed E-state index contributed by atoms with van der Waals surface area (Å²) < 4.78 is 0.917. The maximum absolute atomic E-state index is 12.1. The van der Waals surface area contributed by atoms with E-state index in [2.05, 4.69) is 20.8 Å². The molecule has 1 atom stereocenters. The Labute approximate surface area is 131 Å². The molecular formula is C14H16N4OS2. The Morgan fingerprint density at radius 1 is 1.38 bits per heavy atom. The molecule has 1 aromatic carbocycles. The van der Waals surface area contributed by atoms with Crippen LogP contribution >= 0.6 is 23.1 Å². The molecule has 2 heterocycles. The van der Waals surface area contributed by atoms with Gasteiger partial charge in [-0.2, -0.15) is 0 Å². The summed E-state index contributed by atoms with van der Waals surface area (Å²) in [5.74, 6) is 0.181. The third-order valence-corrected chi connectivity index (χ3v) is 5.12. The molecule has 0 spiro atoms. The van der Waals surface area contributed by atoms with Crippen LogP contribution in [0.5, 0.6) is 0 Å². The Balaban J connectivity index is 1.57. The first-order valence-corrected chi connectivity index (χ1v) is 8.56. The smallest absolute Gasteiger partial charge is 0.228 e. The Kier molecular flexibility index (Phi) is 4.84. The van der Waals surface area contributed by atoms with Crippen molar-refractivity contribution in [3.8, 4) is 0 Å². The number of benzene rings is 1. The van der Waals surface area contributed by atoms with E-state index in [1.165, 1.54) is 11.3 Å².